The van der Waals surface area contributed by atoms with Gasteiger partial charge in [0.25, 0.3) is 5.91 Å². The van der Waals surface area contributed by atoms with Crippen LogP contribution in [0.5, 0.6) is 5.75 Å². The smallest absolute Gasteiger partial charge is 0.322 e. The molecule has 0 spiro atoms. The van der Waals surface area contributed by atoms with Crippen LogP contribution in [-0.4, -0.2) is 38.8 Å². The normalized spacial score (nSPS) is 10.5. The minimum atomic E-state index is -1.29. The second-order valence-corrected chi connectivity index (χ2v) is 5.09. The van der Waals surface area contributed by atoms with Crippen molar-refractivity contribution < 1.29 is 28.7 Å². The van der Waals surface area contributed by atoms with Crippen molar-refractivity contribution in [3.8, 4) is 23.1 Å². The first-order chi connectivity index (χ1) is 12.4. The second-order valence-electron chi connectivity index (χ2n) is 5.09. The highest BCUT2D eigenvalue weighted by Crippen LogP contribution is 2.36. The van der Waals surface area contributed by atoms with E-state index >= 15 is 0 Å². The van der Waals surface area contributed by atoms with Crippen LogP contribution < -0.4 is 5.32 Å². The number of carboxylic acid groups (broad SMARTS) is 1. The molecule has 1 amide bonds. The number of nitriles is 1. The lowest BCUT2D eigenvalue weighted by Crippen LogP contribution is -2.30. The number of carboxylic acids is 1. The molecule has 0 fully saturated rings. The van der Waals surface area contributed by atoms with Crippen LogP contribution in [0.25, 0.3) is 22.2 Å². The molecule has 0 aliphatic carbocycles. The number of nitrogens with one attached hydrogen (secondary N) is 1. The predicted octanol–water partition coefficient (Wildman–Crippen LogP) is 1.42. The Bertz CT molecular complexity index is 1070. The molecule has 3 rings (SSSR count). The van der Waals surface area contributed by atoms with Crippen molar-refractivity contribution in [2.45, 2.75) is 0 Å². The van der Waals surface area contributed by atoms with Crippen LogP contribution in [-0.2, 0) is 4.79 Å². The Hall–Kier alpha value is -4.00. The molecule has 0 unspecified atom stereocenters. The molecule has 10 heteroatoms. The van der Waals surface area contributed by atoms with Crippen LogP contribution in [0, 0.1) is 17.1 Å². The molecule has 2 aromatic heterocycles. The number of fused-ring (bicyclic) bond motifs is 1. The lowest BCUT2D eigenvalue weighted by molar-refractivity contribution is -0.135. The standard InChI is InChI=1S/C16H9FN4O5/c17-8-3-1-7(2-4-8)12-11-9(5-18)20-13(14(24)15(11)26-21-12)16(25)19-6-10(22)23/h1-4,24H,6H2,(H,19,25)(H,22,23). The number of hydrogen-bond acceptors (Lipinski definition) is 7. The number of carbonyl (C=O) groups is 2. The van der Waals surface area contributed by atoms with Crippen LogP contribution in [0.15, 0.2) is 28.8 Å². The van der Waals surface area contributed by atoms with Gasteiger partial charge in [0, 0.05) is 5.56 Å². The highest BCUT2D eigenvalue weighted by molar-refractivity contribution is 6.05. The van der Waals surface area contributed by atoms with E-state index in [0.29, 0.717) is 5.56 Å². The van der Waals surface area contributed by atoms with Crippen molar-refractivity contribution in [2.24, 2.45) is 0 Å². The van der Waals surface area contributed by atoms with Gasteiger partial charge in [0.1, 0.15) is 24.1 Å². The second kappa shape index (κ2) is 6.48. The van der Waals surface area contributed by atoms with Gasteiger partial charge in [-0.2, -0.15) is 5.26 Å². The Kier molecular flexibility index (Phi) is 4.20. The van der Waals surface area contributed by atoms with Gasteiger partial charge >= 0.3 is 5.97 Å². The Labute approximate surface area is 144 Å². The van der Waals surface area contributed by atoms with E-state index in [0.717, 1.165) is 0 Å². The van der Waals surface area contributed by atoms with E-state index in [1.165, 1.54) is 24.3 Å². The van der Waals surface area contributed by atoms with Gasteiger partial charge in [-0.3, -0.25) is 9.59 Å². The molecule has 0 aliphatic rings. The first-order valence-electron chi connectivity index (χ1n) is 7.10. The molecule has 3 aromatic rings. The summed E-state index contributed by atoms with van der Waals surface area (Å²) in [7, 11) is 0. The summed E-state index contributed by atoms with van der Waals surface area (Å²) in [4.78, 5) is 26.3. The first kappa shape index (κ1) is 16.8. The number of halogens is 1. The topological polar surface area (TPSA) is 149 Å². The number of aromatic nitrogens is 2. The van der Waals surface area contributed by atoms with E-state index in [2.05, 4.69) is 10.1 Å². The third kappa shape index (κ3) is 2.89. The van der Waals surface area contributed by atoms with Crippen molar-refractivity contribution in [1.29, 1.82) is 5.26 Å². The van der Waals surface area contributed by atoms with Gasteiger partial charge in [0.15, 0.2) is 17.1 Å². The average molecular weight is 356 g/mol. The lowest BCUT2D eigenvalue weighted by atomic mass is 10.1. The molecule has 0 aliphatic heterocycles. The van der Waals surface area contributed by atoms with Crippen LogP contribution in [0.2, 0.25) is 0 Å². The van der Waals surface area contributed by atoms with Gasteiger partial charge in [-0.05, 0) is 24.3 Å². The maximum atomic E-state index is 13.1. The summed E-state index contributed by atoms with van der Waals surface area (Å²) in [5.41, 5.74) is -0.560. The molecule has 0 saturated heterocycles. The van der Waals surface area contributed by atoms with E-state index < -0.39 is 35.7 Å². The molecule has 26 heavy (non-hydrogen) atoms. The van der Waals surface area contributed by atoms with E-state index in [1.54, 1.807) is 6.07 Å². The average Bonchev–Trinajstić information content (AvgIpc) is 3.06. The molecule has 0 saturated carbocycles. The summed E-state index contributed by atoms with van der Waals surface area (Å²) < 4.78 is 18.1. The van der Waals surface area contributed by atoms with E-state index in [1.807, 2.05) is 5.32 Å². The van der Waals surface area contributed by atoms with Gasteiger partial charge in [-0.15, -0.1) is 0 Å². The van der Waals surface area contributed by atoms with E-state index in [-0.39, 0.29) is 22.4 Å². The summed E-state index contributed by atoms with van der Waals surface area (Å²) in [6.45, 7) is -0.697. The minimum Gasteiger partial charge on any atom is -0.503 e. The zero-order valence-corrected chi connectivity index (χ0v) is 12.9. The fourth-order valence-corrected chi connectivity index (χ4v) is 2.28. The first-order valence-corrected chi connectivity index (χ1v) is 7.10. The molecular formula is C16H9FN4O5. The molecule has 0 atom stereocenters. The van der Waals surface area contributed by atoms with Gasteiger partial charge in [-0.25, -0.2) is 9.37 Å². The van der Waals surface area contributed by atoms with Gasteiger partial charge < -0.3 is 20.1 Å². The number of amides is 1. The third-order valence-corrected chi connectivity index (χ3v) is 3.43. The fraction of sp³-hybridized carbons (Fsp3) is 0.0625. The summed E-state index contributed by atoms with van der Waals surface area (Å²) in [6, 6.07) is 6.94. The molecule has 1 aromatic carbocycles. The molecule has 0 bridgehead atoms. The Morgan fingerprint density at radius 2 is 2.00 bits per heavy atom. The number of hydrogen-bond donors (Lipinski definition) is 3. The van der Waals surface area contributed by atoms with Crippen molar-refractivity contribution in [1.82, 2.24) is 15.5 Å². The number of aliphatic carboxylic acids is 1. The lowest BCUT2D eigenvalue weighted by Gasteiger charge is -2.05. The largest absolute Gasteiger partial charge is 0.503 e. The van der Waals surface area contributed by atoms with Crippen molar-refractivity contribution in [3.63, 3.8) is 0 Å². The van der Waals surface area contributed by atoms with Crippen molar-refractivity contribution in [2.75, 3.05) is 6.54 Å². The molecular weight excluding hydrogens is 347 g/mol. The zero-order valence-electron chi connectivity index (χ0n) is 12.9. The van der Waals surface area contributed by atoms with Crippen LogP contribution in [0.3, 0.4) is 0 Å². The molecule has 3 N–H and O–H groups in total. The van der Waals surface area contributed by atoms with Crippen LogP contribution in [0.4, 0.5) is 4.39 Å². The Morgan fingerprint density at radius 1 is 1.31 bits per heavy atom. The summed E-state index contributed by atoms with van der Waals surface area (Å²) in [5, 5.41) is 34.0. The van der Waals surface area contributed by atoms with Crippen LogP contribution >= 0.6 is 0 Å². The molecule has 2 heterocycles. The maximum absolute atomic E-state index is 13.1. The number of carbonyl (C=O) groups excluding carboxylic acids is 1. The number of benzene rings is 1. The van der Waals surface area contributed by atoms with Crippen molar-refractivity contribution >= 4 is 22.8 Å². The summed E-state index contributed by atoms with van der Waals surface area (Å²) in [5.74, 6) is -3.45. The highest BCUT2D eigenvalue weighted by Gasteiger charge is 2.25. The minimum absolute atomic E-state index is 0.0476. The summed E-state index contributed by atoms with van der Waals surface area (Å²) in [6.07, 6.45) is 0. The number of rotatable bonds is 4. The maximum Gasteiger partial charge on any atom is 0.322 e. The number of pyridine rings is 1. The Morgan fingerprint density at radius 3 is 2.62 bits per heavy atom. The third-order valence-electron chi connectivity index (χ3n) is 3.43. The SMILES string of the molecule is N#Cc1nc(C(=O)NCC(=O)O)c(O)c2onc(-c3ccc(F)cc3)c12. The Balaban J connectivity index is 2.15. The zero-order chi connectivity index (χ0) is 18.8. The monoisotopic (exact) mass is 356 g/mol. The predicted molar refractivity (Wildman–Crippen MR) is 83.5 cm³/mol. The fourth-order valence-electron chi connectivity index (χ4n) is 2.28. The van der Waals surface area contributed by atoms with Crippen LogP contribution in [0.1, 0.15) is 16.2 Å². The molecule has 9 nitrogen and oxygen atoms in total. The van der Waals surface area contributed by atoms with Gasteiger partial charge in [0.2, 0.25) is 5.58 Å². The number of nitrogens with zero attached hydrogens (tertiary/aromatic N) is 3. The van der Waals surface area contributed by atoms with Crippen molar-refractivity contribution in [3.05, 3.63) is 41.5 Å². The summed E-state index contributed by atoms with van der Waals surface area (Å²) >= 11 is 0. The van der Waals surface area contributed by atoms with E-state index in [4.69, 9.17) is 9.63 Å². The van der Waals surface area contributed by atoms with E-state index in [9.17, 15) is 24.3 Å². The molecule has 130 valence electrons. The van der Waals surface area contributed by atoms with Gasteiger partial charge in [0.05, 0.1) is 5.39 Å². The number of aromatic hydroxyl groups is 1. The highest BCUT2D eigenvalue weighted by atomic mass is 19.1. The quantitative estimate of drug-likeness (QED) is 0.635. The molecule has 0 radical (unpaired) electrons. The van der Waals surface area contributed by atoms with Gasteiger partial charge in [-0.1, -0.05) is 5.16 Å².